The summed E-state index contributed by atoms with van der Waals surface area (Å²) in [7, 11) is 0. The molecule has 0 amide bonds. The van der Waals surface area contributed by atoms with Gasteiger partial charge in [-0.3, -0.25) is 14.7 Å². The minimum atomic E-state index is -0.0619. The molecule has 0 aromatic carbocycles. The van der Waals surface area contributed by atoms with Crippen LogP contribution in [0.5, 0.6) is 0 Å². The molecule has 0 bridgehead atoms. The van der Waals surface area contributed by atoms with Crippen molar-refractivity contribution in [3.05, 3.63) is 70.8 Å². The van der Waals surface area contributed by atoms with Gasteiger partial charge in [0.25, 0.3) is 5.56 Å². The van der Waals surface area contributed by atoms with Gasteiger partial charge in [0, 0.05) is 67.5 Å². The van der Waals surface area contributed by atoms with Gasteiger partial charge in [0.15, 0.2) is 0 Å². The summed E-state index contributed by atoms with van der Waals surface area (Å²) in [6, 6.07) is 7.14. The van der Waals surface area contributed by atoms with E-state index in [2.05, 4.69) is 25.0 Å². The van der Waals surface area contributed by atoms with Crippen molar-refractivity contribution in [1.82, 2.24) is 29.6 Å². The zero-order valence-corrected chi connectivity index (χ0v) is 14.6. The van der Waals surface area contributed by atoms with Crippen molar-refractivity contribution in [3.63, 3.8) is 0 Å². The van der Waals surface area contributed by atoms with Gasteiger partial charge in [-0.1, -0.05) is 0 Å². The summed E-state index contributed by atoms with van der Waals surface area (Å²) in [6.07, 6.45) is 7.20. The predicted octanol–water partition coefficient (Wildman–Crippen LogP) is 1.54. The molecule has 4 rings (SSSR count). The molecule has 0 atom stereocenters. The van der Waals surface area contributed by atoms with E-state index >= 15 is 0 Å². The molecule has 1 aliphatic rings. The lowest BCUT2D eigenvalue weighted by Gasteiger charge is -2.39. The number of nitrogens with zero attached hydrogens (tertiary/aromatic N) is 6. The topological polar surface area (TPSA) is 76.8 Å². The van der Waals surface area contributed by atoms with Gasteiger partial charge >= 0.3 is 0 Å². The maximum absolute atomic E-state index is 12.1. The molecule has 0 N–H and O–H groups in total. The van der Waals surface area contributed by atoms with Crippen molar-refractivity contribution in [2.24, 2.45) is 5.92 Å². The second-order valence-corrected chi connectivity index (χ2v) is 6.67. The first kappa shape index (κ1) is 16.5. The fraction of sp³-hybridized carbons (Fsp3) is 0.316. The third-order valence-corrected chi connectivity index (χ3v) is 4.55. The number of aromatic nitrogens is 5. The highest BCUT2D eigenvalue weighted by Crippen LogP contribution is 2.20. The Morgan fingerprint density at radius 2 is 1.81 bits per heavy atom. The molecule has 3 aromatic rings. The maximum atomic E-state index is 12.1. The third kappa shape index (κ3) is 3.67. The van der Waals surface area contributed by atoms with E-state index in [1.54, 1.807) is 29.2 Å². The molecule has 132 valence electrons. The van der Waals surface area contributed by atoms with Gasteiger partial charge in [-0.25, -0.2) is 14.6 Å². The van der Waals surface area contributed by atoms with Crippen molar-refractivity contribution >= 4 is 0 Å². The third-order valence-electron chi connectivity index (χ3n) is 4.55. The molecule has 1 aliphatic heterocycles. The van der Waals surface area contributed by atoms with Crippen molar-refractivity contribution in [2.45, 2.75) is 20.0 Å². The highest BCUT2D eigenvalue weighted by atomic mass is 16.1. The summed E-state index contributed by atoms with van der Waals surface area (Å²) in [5.74, 6) is 1.22. The first-order valence-electron chi connectivity index (χ1n) is 8.66. The van der Waals surface area contributed by atoms with E-state index < -0.39 is 0 Å². The molecule has 1 saturated heterocycles. The fourth-order valence-electron chi connectivity index (χ4n) is 3.18. The summed E-state index contributed by atoms with van der Waals surface area (Å²) in [5.41, 5.74) is 2.81. The van der Waals surface area contributed by atoms with Crippen LogP contribution in [-0.4, -0.2) is 42.7 Å². The van der Waals surface area contributed by atoms with E-state index in [4.69, 9.17) is 0 Å². The molecule has 26 heavy (non-hydrogen) atoms. The molecule has 7 nitrogen and oxygen atoms in total. The highest BCUT2D eigenvalue weighted by molar-refractivity contribution is 5.56. The van der Waals surface area contributed by atoms with Crippen LogP contribution in [0, 0.1) is 12.8 Å². The number of aryl methyl sites for hydroxylation is 1. The van der Waals surface area contributed by atoms with Crippen molar-refractivity contribution < 1.29 is 0 Å². The minimum Gasteiger partial charge on any atom is -0.298 e. The number of rotatable bonds is 5. The molecule has 0 aliphatic carbocycles. The van der Waals surface area contributed by atoms with Crippen LogP contribution in [0.15, 0.2) is 53.8 Å². The van der Waals surface area contributed by atoms with Gasteiger partial charge in [-0.15, -0.1) is 0 Å². The van der Waals surface area contributed by atoms with E-state index in [1.807, 2.05) is 31.5 Å². The Labute approximate surface area is 151 Å². The first-order chi connectivity index (χ1) is 12.7. The molecular weight excluding hydrogens is 328 g/mol. The lowest BCUT2D eigenvalue weighted by molar-refractivity contribution is 0.0765. The summed E-state index contributed by atoms with van der Waals surface area (Å²) >= 11 is 0. The SMILES string of the molecule is Cc1ncc(CN2CC(Cn3nc(-c4ccncc4)ccc3=O)C2)cn1. The smallest absolute Gasteiger partial charge is 0.266 e. The number of pyridine rings is 1. The first-order valence-corrected chi connectivity index (χ1v) is 8.66. The largest absolute Gasteiger partial charge is 0.298 e. The Hall–Kier alpha value is -2.93. The van der Waals surface area contributed by atoms with Crippen LogP contribution in [0.25, 0.3) is 11.3 Å². The predicted molar refractivity (Wildman–Crippen MR) is 97.3 cm³/mol. The summed E-state index contributed by atoms with van der Waals surface area (Å²) in [5, 5.41) is 4.52. The van der Waals surface area contributed by atoms with Crippen LogP contribution in [0.3, 0.4) is 0 Å². The molecule has 1 fully saturated rings. The quantitative estimate of drug-likeness (QED) is 0.696. The molecule has 4 heterocycles. The number of hydrogen-bond acceptors (Lipinski definition) is 6. The summed E-state index contributed by atoms with van der Waals surface area (Å²) in [6.45, 7) is 5.26. The average molecular weight is 348 g/mol. The molecule has 7 heteroatoms. The van der Waals surface area contributed by atoms with Gasteiger partial charge in [-0.05, 0) is 25.1 Å². The van der Waals surface area contributed by atoms with Gasteiger partial charge in [0.05, 0.1) is 12.2 Å². The Morgan fingerprint density at radius 1 is 1.08 bits per heavy atom. The van der Waals surface area contributed by atoms with Crippen LogP contribution in [-0.2, 0) is 13.1 Å². The van der Waals surface area contributed by atoms with E-state index in [-0.39, 0.29) is 5.56 Å². The average Bonchev–Trinajstić information content (AvgIpc) is 2.64. The normalized spacial score (nSPS) is 15.0. The molecule has 0 radical (unpaired) electrons. The van der Waals surface area contributed by atoms with Crippen LogP contribution >= 0.6 is 0 Å². The van der Waals surface area contributed by atoms with Crippen molar-refractivity contribution in [1.29, 1.82) is 0 Å². The standard InChI is InChI=1S/C19H20N6O/c1-14-21-8-15(9-22-14)10-24-11-16(12-24)13-25-19(26)3-2-18(23-25)17-4-6-20-7-5-17/h2-9,16H,10-13H2,1H3. The van der Waals surface area contributed by atoms with Crippen LogP contribution in [0.1, 0.15) is 11.4 Å². The molecule has 0 unspecified atom stereocenters. The van der Waals surface area contributed by atoms with Gasteiger partial charge in [-0.2, -0.15) is 5.10 Å². The Morgan fingerprint density at radius 3 is 2.54 bits per heavy atom. The monoisotopic (exact) mass is 348 g/mol. The number of hydrogen-bond donors (Lipinski definition) is 0. The zero-order valence-electron chi connectivity index (χ0n) is 14.6. The van der Waals surface area contributed by atoms with E-state index in [0.717, 1.165) is 42.3 Å². The molecule has 0 spiro atoms. The van der Waals surface area contributed by atoms with Crippen molar-refractivity contribution in [2.75, 3.05) is 13.1 Å². The summed E-state index contributed by atoms with van der Waals surface area (Å²) in [4.78, 5) is 26.9. The lowest BCUT2D eigenvalue weighted by Crippen LogP contribution is -2.48. The van der Waals surface area contributed by atoms with E-state index in [1.165, 1.54) is 0 Å². The zero-order chi connectivity index (χ0) is 17.9. The van der Waals surface area contributed by atoms with Crippen LogP contribution in [0.4, 0.5) is 0 Å². The lowest BCUT2D eigenvalue weighted by atomic mass is 9.99. The minimum absolute atomic E-state index is 0.0619. The van der Waals surface area contributed by atoms with Crippen molar-refractivity contribution in [3.8, 4) is 11.3 Å². The maximum Gasteiger partial charge on any atom is 0.266 e. The fourth-order valence-corrected chi connectivity index (χ4v) is 3.18. The molecular formula is C19H20N6O. The Balaban J connectivity index is 1.38. The summed E-state index contributed by atoms with van der Waals surface area (Å²) < 4.78 is 1.58. The van der Waals surface area contributed by atoms with Gasteiger partial charge in [0.2, 0.25) is 0 Å². The molecule has 3 aromatic heterocycles. The van der Waals surface area contributed by atoms with E-state index in [0.29, 0.717) is 12.5 Å². The van der Waals surface area contributed by atoms with Gasteiger partial charge < -0.3 is 0 Å². The van der Waals surface area contributed by atoms with Crippen LogP contribution < -0.4 is 5.56 Å². The second-order valence-electron chi connectivity index (χ2n) is 6.67. The number of likely N-dealkylation sites (tertiary alicyclic amines) is 1. The Kier molecular flexibility index (Phi) is 4.53. The second kappa shape index (κ2) is 7.13. The van der Waals surface area contributed by atoms with Gasteiger partial charge in [0.1, 0.15) is 5.82 Å². The highest BCUT2D eigenvalue weighted by Gasteiger charge is 2.27. The Bertz CT molecular complexity index is 932. The van der Waals surface area contributed by atoms with E-state index in [9.17, 15) is 4.79 Å². The molecule has 0 saturated carbocycles. The van der Waals surface area contributed by atoms with Crippen LogP contribution in [0.2, 0.25) is 0 Å².